The van der Waals surface area contributed by atoms with Crippen LogP contribution in [0.15, 0.2) is 18.2 Å². The van der Waals surface area contributed by atoms with E-state index in [0.29, 0.717) is 0 Å². The Morgan fingerprint density at radius 3 is 3.19 bits per heavy atom. The summed E-state index contributed by atoms with van der Waals surface area (Å²) in [6, 6.07) is 6.07. The zero-order valence-electron chi connectivity index (χ0n) is 9.61. The van der Waals surface area contributed by atoms with Crippen LogP contribution in [-0.4, -0.2) is 23.7 Å². The van der Waals surface area contributed by atoms with E-state index >= 15 is 0 Å². The van der Waals surface area contributed by atoms with E-state index in [9.17, 15) is 5.11 Å². The summed E-state index contributed by atoms with van der Waals surface area (Å²) in [6.07, 6.45) is 4.70. The summed E-state index contributed by atoms with van der Waals surface area (Å²) in [5.74, 6) is 1.99. The van der Waals surface area contributed by atoms with E-state index in [1.54, 1.807) is 11.8 Å². The molecule has 1 aromatic rings. The number of fused-ring (bicyclic) bond motifs is 1. The summed E-state index contributed by atoms with van der Waals surface area (Å²) in [4.78, 5) is 0. The van der Waals surface area contributed by atoms with Crippen molar-refractivity contribution in [3.05, 3.63) is 29.3 Å². The first-order valence-electron chi connectivity index (χ1n) is 5.74. The number of hydrogen-bond acceptors (Lipinski definition) is 3. The molecule has 1 atom stereocenters. The number of rotatable bonds is 4. The largest absolute Gasteiger partial charge is 0.493 e. The smallest absolute Gasteiger partial charge is 0.122 e. The lowest BCUT2D eigenvalue weighted by Crippen LogP contribution is -2.09. The van der Waals surface area contributed by atoms with Crippen LogP contribution in [0.2, 0.25) is 0 Å². The van der Waals surface area contributed by atoms with E-state index in [2.05, 4.69) is 12.3 Å². The molecule has 1 aliphatic heterocycles. The van der Waals surface area contributed by atoms with Crippen molar-refractivity contribution in [1.29, 1.82) is 0 Å². The fraction of sp³-hybridized carbons (Fsp3) is 0.538. The average molecular weight is 238 g/mol. The molecule has 0 amide bonds. The van der Waals surface area contributed by atoms with E-state index in [1.165, 1.54) is 5.56 Å². The minimum absolute atomic E-state index is 0.334. The van der Waals surface area contributed by atoms with Crippen molar-refractivity contribution in [2.24, 2.45) is 0 Å². The van der Waals surface area contributed by atoms with Crippen molar-refractivity contribution in [3.8, 4) is 5.75 Å². The van der Waals surface area contributed by atoms with Gasteiger partial charge in [-0.1, -0.05) is 6.07 Å². The Kier molecular flexibility index (Phi) is 4.13. The molecular formula is C13H18O2S. The van der Waals surface area contributed by atoms with Crippen LogP contribution in [0.3, 0.4) is 0 Å². The highest BCUT2D eigenvalue weighted by Gasteiger charge is 2.13. The maximum Gasteiger partial charge on any atom is 0.122 e. The Bertz CT molecular complexity index is 352. The predicted octanol–water partition coefficient (Wildman–Crippen LogP) is 2.80. The van der Waals surface area contributed by atoms with Gasteiger partial charge < -0.3 is 9.84 Å². The first kappa shape index (κ1) is 11.8. The molecule has 0 saturated carbocycles. The molecule has 3 heteroatoms. The van der Waals surface area contributed by atoms with Crippen LogP contribution in [0.5, 0.6) is 5.75 Å². The zero-order chi connectivity index (χ0) is 11.4. The molecule has 0 aliphatic carbocycles. The minimum atomic E-state index is -0.334. The molecule has 0 bridgehead atoms. The van der Waals surface area contributed by atoms with Gasteiger partial charge in [-0.05, 0) is 54.5 Å². The molecule has 0 fully saturated rings. The Labute approximate surface area is 101 Å². The molecule has 1 aliphatic rings. The maximum absolute atomic E-state index is 10.00. The van der Waals surface area contributed by atoms with Gasteiger partial charge in [-0.2, -0.15) is 11.8 Å². The van der Waals surface area contributed by atoms with Crippen molar-refractivity contribution in [3.63, 3.8) is 0 Å². The topological polar surface area (TPSA) is 29.5 Å². The maximum atomic E-state index is 10.00. The molecule has 16 heavy (non-hydrogen) atoms. The van der Waals surface area contributed by atoms with Gasteiger partial charge in [-0.15, -0.1) is 0 Å². The lowest BCUT2D eigenvalue weighted by Gasteiger charge is -2.19. The fourth-order valence-electron chi connectivity index (χ4n) is 1.98. The minimum Gasteiger partial charge on any atom is -0.493 e. The van der Waals surface area contributed by atoms with Gasteiger partial charge in [-0.25, -0.2) is 0 Å². The van der Waals surface area contributed by atoms with Gasteiger partial charge in [0.25, 0.3) is 0 Å². The van der Waals surface area contributed by atoms with Crippen molar-refractivity contribution < 1.29 is 9.84 Å². The average Bonchev–Trinajstić information content (AvgIpc) is 2.35. The summed E-state index contributed by atoms with van der Waals surface area (Å²) in [7, 11) is 0. The number of aliphatic hydroxyl groups is 1. The zero-order valence-corrected chi connectivity index (χ0v) is 10.4. The summed E-state index contributed by atoms with van der Waals surface area (Å²) in [5, 5.41) is 10.00. The van der Waals surface area contributed by atoms with Crippen molar-refractivity contribution >= 4 is 11.8 Å². The fourth-order valence-corrected chi connectivity index (χ4v) is 2.44. The quantitative estimate of drug-likeness (QED) is 0.874. The van der Waals surface area contributed by atoms with Crippen LogP contribution in [0, 0.1) is 0 Å². The van der Waals surface area contributed by atoms with Gasteiger partial charge in [0.1, 0.15) is 5.75 Å². The number of aliphatic hydroxyl groups excluding tert-OH is 1. The van der Waals surface area contributed by atoms with Crippen molar-refractivity contribution in [1.82, 2.24) is 0 Å². The van der Waals surface area contributed by atoms with Crippen LogP contribution in [0.1, 0.15) is 30.1 Å². The summed E-state index contributed by atoms with van der Waals surface area (Å²) < 4.78 is 5.55. The molecule has 1 heterocycles. The lowest BCUT2D eigenvalue weighted by molar-refractivity contribution is 0.174. The second kappa shape index (κ2) is 5.60. The molecule has 0 spiro atoms. The van der Waals surface area contributed by atoms with Crippen LogP contribution in [0.25, 0.3) is 0 Å². The molecule has 0 aromatic heterocycles. The monoisotopic (exact) mass is 238 g/mol. The molecular weight excluding hydrogens is 220 g/mol. The van der Waals surface area contributed by atoms with E-state index < -0.39 is 0 Å². The molecule has 2 rings (SSSR count). The number of hydrogen-bond donors (Lipinski definition) is 1. The van der Waals surface area contributed by atoms with Crippen molar-refractivity contribution in [2.75, 3.05) is 18.6 Å². The van der Waals surface area contributed by atoms with E-state index in [4.69, 9.17) is 4.74 Å². The second-order valence-electron chi connectivity index (χ2n) is 4.12. The van der Waals surface area contributed by atoms with Crippen LogP contribution in [0.4, 0.5) is 0 Å². The Balaban J connectivity index is 2.10. The van der Waals surface area contributed by atoms with Crippen LogP contribution < -0.4 is 4.74 Å². The highest BCUT2D eigenvalue weighted by molar-refractivity contribution is 7.98. The lowest BCUT2D eigenvalue weighted by atomic mass is 10.00. The highest BCUT2D eigenvalue weighted by Crippen LogP contribution is 2.29. The van der Waals surface area contributed by atoms with Gasteiger partial charge in [-0.3, -0.25) is 0 Å². The standard InChI is InChI=1S/C13H18O2S/c1-16-8-6-12(14)10-4-5-13-11(9-10)3-2-7-15-13/h4-5,9,12,14H,2-3,6-8H2,1H3. The summed E-state index contributed by atoms with van der Waals surface area (Å²) in [6.45, 7) is 0.821. The van der Waals surface area contributed by atoms with Gasteiger partial charge >= 0.3 is 0 Å². The Morgan fingerprint density at radius 1 is 1.50 bits per heavy atom. The molecule has 0 radical (unpaired) electrons. The van der Waals surface area contributed by atoms with Gasteiger partial charge in [0.2, 0.25) is 0 Å². The third-order valence-electron chi connectivity index (χ3n) is 2.91. The van der Waals surface area contributed by atoms with E-state index in [-0.39, 0.29) is 6.10 Å². The van der Waals surface area contributed by atoms with Gasteiger partial charge in [0.05, 0.1) is 12.7 Å². The van der Waals surface area contributed by atoms with Crippen LogP contribution in [-0.2, 0) is 6.42 Å². The summed E-state index contributed by atoms with van der Waals surface area (Å²) >= 11 is 1.77. The van der Waals surface area contributed by atoms with Gasteiger partial charge in [0, 0.05) is 0 Å². The first-order chi connectivity index (χ1) is 7.81. The number of thioether (sulfide) groups is 1. The second-order valence-corrected chi connectivity index (χ2v) is 5.10. The first-order valence-corrected chi connectivity index (χ1v) is 7.13. The van der Waals surface area contributed by atoms with Gasteiger partial charge in [0.15, 0.2) is 0 Å². The van der Waals surface area contributed by atoms with Crippen LogP contribution >= 0.6 is 11.8 Å². The number of aryl methyl sites for hydroxylation is 1. The van der Waals surface area contributed by atoms with E-state index in [0.717, 1.165) is 42.9 Å². The Morgan fingerprint density at radius 2 is 2.38 bits per heavy atom. The highest BCUT2D eigenvalue weighted by atomic mass is 32.2. The number of ether oxygens (including phenoxy) is 1. The SMILES string of the molecule is CSCCC(O)c1ccc2c(c1)CCCO2. The van der Waals surface area contributed by atoms with E-state index in [1.807, 2.05) is 12.1 Å². The molecule has 2 nitrogen and oxygen atoms in total. The summed E-state index contributed by atoms with van der Waals surface area (Å²) in [5.41, 5.74) is 2.27. The third kappa shape index (κ3) is 2.71. The number of benzene rings is 1. The normalized spacial score (nSPS) is 16.4. The molecule has 1 unspecified atom stereocenters. The third-order valence-corrected chi connectivity index (χ3v) is 3.56. The molecule has 1 aromatic carbocycles. The molecule has 88 valence electrons. The molecule has 1 N–H and O–H groups in total. The van der Waals surface area contributed by atoms with Crippen molar-refractivity contribution in [2.45, 2.75) is 25.4 Å². The Hall–Kier alpha value is -0.670. The molecule has 0 saturated heterocycles. The predicted molar refractivity (Wildman–Crippen MR) is 68.2 cm³/mol.